The van der Waals surface area contributed by atoms with Crippen molar-refractivity contribution in [1.29, 1.82) is 0 Å². The van der Waals surface area contributed by atoms with Gasteiger partial charge in [-0.25, -0.2) is 0 Å². The minimum absolute atomic E-state index is 0.118. The van der Waals surface area contributed by atoms with Crippen LogP contribution in [0.3, 0.4) is 0 Å². The molecular weight excluding hydrogens is 280 g/mol. The second-order valence-electron chi connectivity index (χ2n) is 6.35. The molecule has 2 aliphatic rings. The van der Waals surface area contributed by atoms with Gasteiger partial charge in [-0.05, 0) is 26.2 Å². The standard InChI is InChI=1S/C15H22N6O/c1-3-4-12-16-15(22-19-12)10(2)20-7-8-21-13(9-20)17-18-14(21)11-5-6-11/h10-11H,3-9H2,1-2H3/t10-/m0/s1. The SMILES string of the molecule is CCCc1noc([C@H](C)N2CCn3c(nnc3C3CC3)C2)n1. The van der Waals surface area contributed by atoms with E-state index in [0.717, 1.165) is 44.1 Å². The van der Waals surface area contributed by atoms with Crippen molar-refractivity contribution < 1.29 is 4.52 Å². The first-order valence-electron chi connectivity index (χ1n) is 8.24. The van der Waals surface area contributed by atoms with Crippen LogP contribution in [0.5, 0.6) is 0 Å². The molecule has 0 spiro atoms. The Kier molecular flexibility index (Phi) is 3.44. The fourth-order valence-corrected chi connectivity index (χ4v) is 3.09. The van der Waals surface area contributed by atoms with Gasteiger partial charge in [-0.15, -0.1) is 10.2 Å². The molecule has 1 aliphatic heterocycles. The molecule has 1 atom stereocenters. The van der Waals surface area contributed by atoms with Gasteiger partial charge in [0.1, 0.15) is 11.6 Å². The Labute approximate surface area is 129 Å². The topological polar surface area (TPSA) is 72.9 Å². The highest BCUT2D eigenvalue weighted by molar-refractivity contribution is 5.10. The molecule has 0 amide bonds. The third-order valence-electron chi connectivity index (χ3n) is 4.62. The summed E-state index contributed by atoms with van der Waals surface area (Å²) in [5, 5.41) is 12.8. The summed E-state index contributed by atoms with van der Waals surface area (Å²) in [5.41, 5.74) is 0. The second kappa shape index (κ2) is 5.46. The maximum Gasteiger partial charge on any atom is 0.243 e. The van der Waals surface area contributed by atoms with Crippen LogP contribution in [0.25, 0.3) is 0 Å². The van der Waals surface area contributed by atoms with E-state index in [9.17, 15) is 0 Å². The lowest BCUT2D eigenvalue weighted by atomic mass is 10.2. The number of hydrogen-bond donors (Lipinski definition) is 0. The second-order valence-corrected chi connectivity index (χ2v) is 6.35. The predicted molar refractivity (Wildman–Crippen MR) is 79.1 cm³/mol. The highest BCUT2D eigenvalue weighted by Crippen LogP contribution is 2.39. The zero-order valence-corrected chi connectivity index (χ0v) is 13.2. The van der Waals surface area contributed by atoms with Crippen LogP contribution in [0.15, 0.2) is 4.52 Å². The molecule has 0 aromatic carbocycles. The Hall–Kier alpha value is -1.76. The van der Waals surface area contributed by atoms with Gasteiger partial charge in [0, 0.05) is 25.4 Å². The molecule has 1 saturated carbocycles. The summed E-state index contributed by atoms with van der Waals surface area (Å²) in [6.07, 6.45) is 4.43. The largest absolute Gasteiger partial charge is 0.338 e. The number of nitrogens with zero attached hydrogens (tertiary/aromatic N) is 6. The van der Waals surface area contributed by atoms with Crippen LogP contribution in [0.2, 0.25) is 0 Å². The monoisotopic (exact) mass is 302 g/mol. The van der Waals surface area contributed by atoms with Gasteiger partial charge >= 0.3 is 0 Å². The Morgan fingerprint density at radius 1 is 1.27 bits per heavy atom. The van der Waals surface area contributed by atoms with E-state index in [1.807, 2.05) is 0 Å². The first-order chi connectivity index (χ1) is 10.8. The summed E-state index contributed by atoms with van der Waals surface area (Å²) in [6.45, 7) is 6.96. The summed E-state index contributed by atoms with van der Waals surface area (Å²) in [7, 11) is 0. The van der Waals surface area contributed by atoms with Gasteiger partial charge in [0.15, 0.2) is 5.82 Å². The van der Waals surface area contributed by atoms with E-state index in [0.29, 0.717) is 11.8 Å². The fraction of sp³-hybridized carbons (Fsp3) is 0.733. The van der Waals surface area contributed by atoms with Crippen molar-refractivity contribution in [2.45, 2.75) is 64.6 Å². The molecule has 2 aromatic heterocycles. The van der Waals surface area contributed by atoms with E-state index < -0.39 is 0 Å². The van der Waals surface area contributed by atoms with E-state index in [1.54, 1.807) is 0 Å². The third-order valence-corrected chi connectivity index (χ3v) is 4.62. The molecule has 0 unspecified atom stereocenters. The van der Waals surface area contributed by atoms with Crippen molar-refractivity contribution in [3.05, 3.63) is 23.4 Å². The molecule has 0 bridgehead atoms. The van der Waals surface area contributed by atoms with Crippen LogP contribution in [-0.4, -0.2) is 36.3 Å². The van der Waals surface area contributed by atoms with Crippen molar-refractivity contribution in [3.8, 4) is 0 Å². The zero-order chi connectivity index (χ0) is 15.1. The minimum Gasteiger partial charge on any atom is -0.338 e. The summed E-state index contributed by atoms with van der Waals surface area (Å²) >= 11 is 0. The summed E-state index contributed by atoms with van der Waals surface area (Å²) in [5.74, 6) is 4.41. The number of fused-ring (bicyclic) bond motifs is 1. The number of rotatable bonds is 5. The van der Waals surface area contributed by atoms with Gasteiger partial charge in [0.25, 0.3) is 0 Å². The first kappa shape index (κ1) is 13.9. The molecule has 7 heteroatoms. The fourth-order valence-electron chi connectivity index (χ4n) is 3.09. The molecule has 1 aliphatic carbocycles. The first-order valence-corrected chi connectivity index (χ1v) is 8.24. The molecule has 2 aromatic rings. The molecule has 0 N–H and O–H groups in total. The number of aryl methyl sites for hydroxylation is 1. The highest BCUT2D eigenvalue weighted by Gasteiger charge is 2.33. The van der Waals surface area contributed by atoms with Gasteiger partial charge in [-0.1, -0.05) is 12.1 Å². The molecule has 0 saturated heterocycles. The maximum absolute atomic E-state index is 5.43. The average Bonchev–Trinajstić information content (AvgIpc) is 3.12. The predicted octanol–water partition coefficient (Wildman–Crippen LogP) is 2.07. The summed E-state index contributed by atoms with van der Waals surface area (Å²) < 4.78 is 7.73. The lowest BCUT2D eigenvalue weighted by Crippen LogP contribution is -2.36. The van der Waals surface area contributed by atoms with Gasteiger partial charge in [0.2, 0.25) is 5.89 Å². The highest BCUT2D eigenvalue weighted by atomic mass is 16.5. The molecule has 22 heavy (non-hydrogen) atoms. The molecule has 3 heterocycles. The molecule has 1 fully saturated rings. The Morgan fingerprint density at radius 3 is 2.91 bits per heavy atom. The average molecular weight is 302 g/mol. The van der Waals surface area contributed by atoms with Gasteiger partial charge in [-0.3, -0.25) is 4.90 Å². The van der Waals surface area contributed by atoms with E-state index in [2.05, 4.69) is 43.7 Å². The van der Waals surface area contributed by atoms with Crippen LogP contribution in [-0.2, 0) is 19.5 Å². The van der Waals surface area contributed by atoms with Crippen LogP contribution >= 0.6 is 0 Å². The van der Waals surface area contributed by atoms with Crippen LogP contribution in [0.1, 0.15) is 68.4 Å². The van der Waals surface area contributed by atoms with Gasteiger partial charge in [0.05, 0.1) is 12.6 Å². The smallest absolute Gasteiger partial charge is 0.243 e. The maximum atomic E-state index is 5.43. The van der Waals surface area contributed by atoms with Crippen LogP contribution in [0.4, 0.5) is 0 Å². The van der Waals surface area contributed by atoms with E-state index in [1.165, 1.54) is 18.7 Å². The van der Waals surface area contributed by atoms with Crippen molar-refractivity contribution in [2.24, 2.45) is 0 Å². The van der Waals surface area contributed by atoms with Crippen LogP contribution < -0.4 is 0 Å². The molecular formula is C15H22N6O. The Morgan fingerprint density at radius 2 is 2.14 bits per heavy atom. The number of hydrogen-bond acceptors (Lipinski definition) is 6. The lowest BCUT2D eigenvalue weighted by Gasteiger charge is -2.30. The lowest BCUT2D eigenvalue weighted by molar-refractivity contribution is 0.135. The van der Waals surface area contributed by atoms with E-state index in [4.69, 9.17) is 4.52 Å². The molecule has 118 valence electrons. The molecule has 0 radical (unpaired) electrons. The molecule has 4 rings (SSSR count). The van der Waals surface area contributed by atoms with Crippen molar-refractivity contribution >= 4 is 0 Å². The van der Waals surface area contributed by atoms with Crippen molar-refractivity contribution in [3.63, 3.8) is 0 Å². The summed E-state index contributed by atoms with van der Waals surface area (Å²) in [6, 6.07) is 0.118. The normalized spacial score (nSPS) is 20.1. The van der Waals surface area contributed by atoms with Gasteiger partial charge < -0.3 is 9.09 Å². The van der Waals surface area contributed by atoms with Crippen molar-refractivity contribution in [1.82, 2.24) is 29.8 Å². The zero-order valence-electron chi connectivity index (χ0n) is 13.2. The Balaban J connectivity index is 1.48. The van der Waals surface area contributed by atoms with E-state index >= 15 is 0 Å². The quantitative estimate of drug-likeness (QED) is 0.842. The third kappa shape index (κ3) is 2.43. The van der Waals surface area contributed by atoms with Crippen molar-refractivity contribution in [2.75, 3.05) is 6.54 Å². The summed E-state index contributed by atoms with van der Waals surface area (Å²) in [4.78, 5) is 6.85. The minimum atomic E-state index is 0.118. The van der Waals surface area contributed by atoms with Gasteiger partial charge in [-0.2, -0.15) is 4.98 Å². The molecule has 7 nitrogen and oxygen atoms in total. The number of aromatic nitrogens is 5. The van der Waals surface area contributed by atoms with Crippen LogP contribution in [0, 0.1) is 0 Å². The van der Waals surface area contributed by atoms with E-state index in [-0.39, 0.29) is 6.04 Å². The Bertz CT molecular complexity index is 659.